The summed E-state index contributed by atoms with van der Waals surface area (Å²) in [5.74, 6) is -0.176. The van der Waals surface area contributed by atoms with Gasteiger partial charge in [0.15, 0.2) is 6.20 Å². The van der Waals surface area contributed by atoms with E-state index in [0.717, 1.165) is 22.1 Å². The SMILES string of the molecule is Cc1nc(-c2ccc(F)cc2[C@@H](C)Oc2cc(Br)cnc2[N+](=O)[O-])c(Cc2cn(CC3CC3)nn2)s1. The van der Waals surface area contributed by atoms with Crippen molar-refractivity contribution >= 4 is 33.1 Å². The van der Waals surface area contributed by atoms with E-state index in [9.17, 15) is 14.5 Å². The number of thiazole rings is 1. The molecule has 1 aromatic carbocycles. The van der Waals surface area contributed by atoms with Crippen molar-refractivity contribution in [2.75, 3.05) is 0 Å². The molecule has 5 rings (SSSR count). The van der Waals surface area contributed by atoms with Crippen molar-refractivity contribution in [2.45, 2.75) is 45.8 Å². The summed E-state index contributed by atoms with van der Waals surface area (Å²) in [5, 5.41) is 20.9. The summed E-state index contributed by atoms with van der Waals surface area (Å²) in [6.07, 6.45) is 5.58. The summed E-state index contributed by atoms with van der Waals surface area (Å²) in [6, 6.07) is 5.89. The number of aryl methyl sites for hydroxylation is 1. The molecule has 36 heavy (non-hydrogen) atoms. The number of hydrogen-bond acceptors (Lipinski definition) is 8. The molecule has 0 amide bonds. The number of ether oxygens (including phenoxy) is 1. The van der Waals surface area contributed by atoms with Gasteiger partial charge >= 0.3 is 5.82 Å². The Kier molecular flexibility index (Phi) is 6.80. The predicted octanol–water partition coefficient (Wildman–Crippen LogP) is 6.06. The largest absolute Gasteiger partial charge is 0.478 e. The summed E-state index contributed by atoms with van der Waals surface area (Å²) in [4.78, 5) is 20.4. The number of nitro groups is 1. The van der Waals surface area contributed by atoms with Gasteiger partial charge in [-0.05, 0) is 76.6 Å². The minimum atomic E-state index is -0.722. The Labute approximate surface area is 218 Å². The third-order valence-corrected chi connectivity index (χ3v) is 7.26. The van der Waals surface area contributed by atoms with Crippen molar-refractivity contribution in [1.82, 2.24) is 25.0 Å². The van der Waals surface area contributed by atoms with E-state index < -0.39 is 22.7 Å². The molecular formula is C24H22BrFN6O3S. The third-order valence-electron chi connectivity index (χ3n) is 5.86. The van der Waals surface area contributed by atoms with E-state index in [4.69, 9.17) is 9.72 Å². The maximum absolute atomic E-state index is 14.4. The zero-order valence-corrected chi connectivity index (χ0v) is 21.9. The topological polar surface area (TPSA) is 109 Å². The van der Waals surface area contributed by atoms with E-state index in [1.807, 2.05) is 17.8 Å². The highest BCUT2D eigenvalue weighted by Gasteiger charge is 2.25. The average molecular weight is 573 g/mol. The van der Waals surface area contributed by atoms with Crippen molar-refractivity contribution in [3.05, 3.63) is 78.2 Å². The lowest BCUT2D eigenvalue weighted by molar-refractivity contribution is -0.390. The second kappa shape index (κ2) is 10.0. The van der Waals surface area contributed by atoms with Crippen LogP contribution in [0.1, 0.15) is 47.0 Å². The van der Waals surface area contributed by atoms with Gasteiger partial charge in [0, 0.05) is 41.2 Å². The number of hydrogen-bond donors (Lipinski definition) is 0. The van der Waals surface area contributed by atoms with Crippen molar-refractivity contribution in [1.29, 1.82) is 0 Å². The Morgan fingerprint density at radius 3 is 2.92 bits per heavy atom. The summed E-state index contributed by atoms with van der Waals surface area (Å²) >= 11 is 4.82. The van der Waals surface area contributed by atoms with Gasteiger partial charge in [-0.2, -0.15) is 0 Å². The summed E-state index contributed by atoms with van der Waals surface area (Å²) in [5.41, 5.74) is 2.76. The molecular weight excluding hydrogens is 551 g/mol. The molecule has 1 saturated carbocycles. The molecule has 12 heteroatoms. The van der Waals surface area contributed by atoms with E-state index in [2.05, 4.69) is 31.2 Å². The molecule has 186 valence electrons. The molecule has 0 bridgehead atoms. The van der Waals surface area contributed by atoms with Crippen LogP contribution in [0.5, 0.6) is 5.75 Å². The molecule has 9 nitrogen and oxygen atoms in total. The van der Waals surface area contributed by atoms with Crippen molar-refractivity contribution < 1.29 is 14.1 Å². The van der Waals surface area contributed by atoms with Gasteiger partial charge in [0.2, 0.25) is 5.75 Å². The monoisotopic (exact) mass is 572 g/mol. The number of benzene rings is 1. The Morgan fingerprint density at radius 1 is 1.36 bits per heavy atom. The minimum absolute atomic E-state index is 0.0148. The highest BCUT2D eigenvalue weighted by atomic mass is 79.9. The lowest BCUT2D eigenvalue weighted by Gasteiger charge is -2.18. The average Bonchev–Trinajstić information content (AvgIpc) is 3.41. The van der Waals surface area contributed by atoms with Gasteiger partial charge in [-0.3, -0.25) is 4.68 Å². The maximum atomic E-state index is 14.4. The zero-order valence-electron chi connectivity index (χ0n) is 19.5. The van der Waals surface area contributed by atoms with Crippen LogP contribution in [0.25, 0.3) is 11.3 Å². The van der Waals surface area contributed by atoms with E-state index in [0.29, 0.717) is 33.6 Å². The first-order valence-corrected chi connectivity index (χ1v) is 13.0. The summed E-state index contributed by atoms with van der Waals surface area (Å²) in [6.45, 7) is 4.52. The third kappa shape index (κ3) is 5.44. The molecule has 1 aliphatic rings. The Morgan fingerprint density at radius 2 is 2.17 bits per heavy atom. The molecule has 1 atom stereocenters. The lowest BCUT2D eigenvalue weighted by atomic mass is 9.98. The molecule has 0 aliphatic heterocycles. The standard InChI is InChI=1S/C24H22BrFN6O3S/c1-13(35-21-7-16(25)10-27-24(21)32(33)34)20-8-17(26)5-6-19(20)23-22(36-14(2)28-23)9-18-12-31(30-29-18)11-15-3-4-15/h5-8,10,12-13,15H,3-4,9,11H2,1-2H3/t13-/m1/s1. The first kappa shape index (κ1) is 24.4. The van der Waals surface area contributed by atoms with E-state index in [1.165, 1.54) is 37.2 Å². The minimum Gasteiger partial charge on any atom is -0.478 e. The molecule has 0 saturated heterocycles. The zero-order chi connectivity index (χ0) is 25.4. The number of rotatable bonds is 9. The molecule has 3 heterocycles. The van der Waals surface area contributed by atoms with Gasteiger partial charge in [0.1, 0.15) is 11.9 Å². The second-order valence-electron chi connectivity index (χ2n) is 8.78. The molecule has 1 fully saturated rings. The summed E-state index contributed by atoms with van der Waals surface area (Å²) in [7, 11) is 0. The van der Waals surface area contributed by atoms with Crippen LogP contribution in [0, 0.1) is 28.8 Å². The van der Waals surface area contributed by atoms with Crippen LogP contribution in [0.4, 0.5) is 10.2 Å². The Balaban J connectivity index is 1.47. The number of aromatic nitrogens is 5. The van der Waals surface area contributed by atoms with Crippen molar-refractivity contribution in [3.8, 4) is 17.0 Å². The van der Waals surface area contributed by atoms with Crippen LogP contribution < -0.4 is 4.74 Å². The fourth-order valence-electron chi connectivity index (χ4n) is 4.01. The van der Waals surface area contributed by atoms with Gasteiger partial charge in [-0.1, -0.05) is 5.21 Å². The van der Waals surface area contributed by atoms with Crippen LogP contribution in [0.2, 0.25) is 0 Å². The molecule has 1 aliphatic carbocycles. The maximum Gasteiger partial charge on any atom is 0.406 e. The quantitative estimate of drug-likeness (QED) is 0.177. The molecule has 0 N–H and O–H groups in total. The first-order chi connectivity index (χ1) is 17.3. The number of halogens is 2. The highest BCUT2D eigenvalue weighted by Crippen LogP contribution is 2.38. The fraction of sp³-hybridized carbons (Fsp3) is 0.333. The van der Waals surface area contributed by atoms with Crippen LogP contribution >= 0.6 is 27.3 Å². The van der Waals surface area contributed by atoms with E-state index in [1.54, 1.807) is 24.3 Å². The van der Waals surface area contributed by atoms with Crippen LogP contribution in [0.3, 0.4) is 0 Å². The Bertz CT molecular complexity index is 1440. The van der Waals surface area contributed by atoms with Gasteiger partial charge in [0.25, 0.3) is 0 Å². The normalized spacial score (nSPS) is 14.1. The van der Waals surface area contributed by atoms with Gasteiger partial charge in [0.05, 0.1) is 20.9 Å². The lowest BCUT2D eigenvalue weighted by Crippen LogP contribution is -2.08. The van der Waals surface area contributed by atoms with E-state index >= 15 is 0 Å². The Hall–Kier alpha value is -3.25. The molecule has 0 spiro atoms. The smallest absolute Gasteiger partial charge is 0.406 e. The second-order valence-corrected chi connectivity index (χ2v) is 11.0. The number of pyridine rings is 1. The molecule has 4 aromatic rings. The van der Waals surface area contributed by atoms with E-state index in [-0.39, 0.29) is 5.75 Å². The van der Waals surface area contributed by atoms with Crippen molar-refractivity contribution in [2.24, 2.45) is 5.92 Å². The molecule has 0 unspecified atom stereocenters. The highest BCUT2D eigenvalue weighted by molar-refractivity contribution is 9.10. The van der Waals surface area contributed by atoms with Crippen LogP contribution in [0.15, 0.2) is 41.1 Å². The van der Waals surface area contributed by atoms with Gasteiger partial charge in [-0.15, -0.1) is 16.4 Å². The summed E-state index contributed by atoms with van der Waals surface area (Å²) < 4.78 is 22.7. The predicted molar refractivity (Wildman–Crippen MR) is 135 cm³/mol. The number of nitrogens with zero attached hydrogens (tertiary/aromatic N) is 6. The van der Waals surface area contributed by atoms with Gasteiger partial charge < -0.3 is 14.9 Å². The molecule has 0 radical (unpaired) electrons. The molecule has 3 aromatic heterocycles. The van der Waals surface area contributed by atoms with Gasteiger partial charge in [-0.25, -0.2) is 9.37 Å². The van der Waals surface area contributed by atoms with Crippen LogP contribution in [-0.4, -0.2) is 29.9 Å². The first-order valence-electron chi connectivity index (χ1n) is 11.4. The van der Waals surface area contributed by atoms with Crippen molar-refractivity contribution in [3.63, 3.8) is 0 Å². The van der Waals surface area contributed by atoms with Crippen LogP contribution in [-0.2, 0) is 13.0 Å². The fourth-order valence-corrected chi connectivity index (χ4v) is 5.29.